The third kappa shape index (κ3) is 8.81. The fourth-order valence-electron chi connectivity index (χ4n) is 3.59. The maximum atomic E-state index is 12.5. The van der Waals surface area contributed by atoms with Crippen molar-refractivity contribution < 1.29 is 23.5 Å². The first-order chi connectivity index (χ1) is 18.5. The van der Waals surface area contributed by atoms with E-state index in [1.54, 1.807) is 42.6 Å². The topological polar surface area (TPSA) is 168 Å². The molecule has 2 aromatic carbocycles. The van der Waals surface area contributed by atoms with Gasteiger partial charge in [0.05, 0.1) is 24.9 Å². The molecule has 0 saturated carbocycles. The van der Waals surface area contributed by atoms with Gasteiger partial charge in [-0.1, -0.05) is 12.1 Å². The van der Waals surface area contributed by atoms with Crippen LogP contribution in [0.3, 0.4) is 0 Å². The molecule has 3 aromatic rings. The Bertz CT molecular complexity index is 1230. The number of methoxy groups -OCH3 is 1. The number of urea groups is 1. The minimum Gasteiger partial charge on any atom is -0.496 e. The van der Waals surface area contributed by atoms with Crippen LogP contribution in [-0.4, -0.2) is 61.9 Å². The monoisotopic (exact) mass is 521 g/mol. The Morgan fingerprint density at radius 1 is 1.13 bits per heavy atom. The van der Waals surface area contributed by atoms with E-state index in [9.17, 15) is 9.59 Å². The van der Waals surface area contributed by atoms with Crippen LogP contribution in [0.4, 0.5) is 21.0 Å². The molecular weight excluding hydrogens is 490 g/mol. The number of nitrogens with zero attached hydrogens (tertiary/aromatic N) is 3. The summed E-state index contributed by atoms with van der Waals surface area (Å²) in [6, 6.07) is 13.9. The molecule has 12 nitrogen and oxygen atoms in total. The van der Waals surface area contributed by atoms with Crippen LogP contribution in [0.5, 0.6) is 5.75 Å². The molecule has 5 N–H and O–H groups in total. The SMILES string of the molecule is COc1cc(NC(=O)Nc2cccc(CNC(=O)OCCN(CCN)CCC#N)c2)ccc1-c1cnco1. The minimum atomic E-state index is -0.559. The Kier molecular flexibility index (Phi) is 10.9. The number of nitrogens with one attached hydrogen (secondary N) is 3. The average molecular weight is 522 g/mol. The molecule has 3 rings (SSSR count). The second kappa shape index (κ2) is 14.8. The molecule has 0 unspecified atom stereocenters. The van der Waals surface area contributed by atoms with Gasteiger partial charge in [0.1, 0.15) is 12.4 Å². The van der Waals surface area contributed by atoms with Crippen molar-refractivity contribution in [2.45, 2.75) is 13.0 Å². The Morgan fingerprint density at radius 2 is 1.95 bits per heavy atom. The number of alkyl carbamates (subject to hydrolysis) is 1. The highest BCUT2D eigenvalue weighted by Crippen LogP contribution is 2.32. The summed E-state index contributed by atoms with van der Waals surface area (Å²) in [4.78, 5) is 30.5. The largest absolute Gasteiger partial charge is 0.496 e. The lowest BCUT2D eigenvalue weighted by Gasteiger charge is -2.19. The highest BCUT2D eigenvalue weighted by Gasteiger charge is 2.12. The van der Waals surface area contributed by atoms with Crippen molar-refractivity contribution >= 4 is 23.5 Å². The van der Waals surface area contributed by atoms with Gasteiger partial charge in [-0.15, -0.1) is 0 Å². The lowest BCUT2D eigenvalue weighted by Crippen LogP contribution is -2.35. The third-order valence-electron chi connectivity index (χ3n) is 5.40. The van der Waals surface area contributed by atoms with Crippen LogP contribution in [0, 0.1) is 11.3 Å². The van der Waals surface area contributed by atoms with E-state index in [2.05, 4.69) is 27.0 Å². The molecule has 0 saturated heterocycles. The van der Waals surface area contributed by atoms with Gasteiger partial charge < -0.3 is 35.6 Å². The van der Waals surface area contributed by atoms with Crippen LogP contribution >= 0.6 is 0 Å². The second-order valence-corrected chi connectivity index (χ2v) is 8.09. The third-order valence-corrected chi connectivity index (χ3v) is 5.40. The summed E-state index contributed by atoms with van der Waals surface area (Å²) in [5, 5.41) is 17.0. The highest BCUT2D eigenvalue weighted by molar-refractivity contribution is 6.00. The van der Waals surface area contributed by atoms with Crippen molar-refractivity contribution in [2.75, 3.05) is 50.5 Å². The van der Waals surface area contributed by atoms with E-state index in [-0.39, 0.29) is 13.2 Å². The van der Waals surface area contributed by atoms with E-state index in [0.29, 0.717) is 61.0 Å². The number of oxazole rings is 1. The number of rotatable bonds is 13. The van der Waals surface area contributed by atoms with E-state index in [4.69, 9.17) is 24.9 Å². The number of hydrogen-bond acceptors (Lipinski definition) is 9. The first kappa shape index (κ1) is 28.0. The fraction of sp³-hybridized carbons (Fsp3) is 0.308. The van der Waals surface area contributed by atoms with Gasteiger partial charge in [0.15, 0.2) is 12.2 Å². The number of carbonyl (C=O) groups excluding carboxylic acids is 2. The van der Waals surface area contributed by atoms with Gasteiger partial charge in [0.25, 0.3) is 0 Å². The van der Waals surface area contributed by atoms with Crippen LogP contribution in [0.15, 0.2) is 59.5 Å². The number of hydrogen-bond donors (Lipinski definition) is 4. The summed E-state index contributed by atoms with van der Waals surface area (Å²) in [7, 11) is 1.53. The standard InChI is InChI=1S/C26H31N7O5/c1-36-23-15-21(6-7-22(23)24-17-29-18-38-24)32-25(34)31-20-5-2-4-19(14-20)16-30-26(35)37-13-12-33(11-9-28)10-3-8-27/h2,4-7,14-15,17-18H,3,9-13,16,28H2,1H3,(H,30,35)(H2,31,32,34). The number of benzene rings is 2. The zero-order valence-electron chi connectivity index (χ0n) is 21.1. The van der Waals surface area contributed by atoms with Gasteiger partial charge in [0.2, 0.25) is 0 Å². The van der Waals surface area contributed by atoms with E-state index in [1.807, 2.05) is 11.0 Å². The zero-order valence-corrected chi connectivity index (χ0v) is 21.1. The molecule has 3 amide bonds. The van der Waals surface area contributed by atoms with Crippen molar-refractivity contribution in [3.05, 3.63) is 60.6 Å². The normalized spacial score (nSPS) is 10.5. The number of ether oxygens (including phenoxy) is 2. The molecule has 0 aliphatic rings. The maximum absolute atomic E-state index is 12.5. The molecule has 0 radical (unpaired) electrons. The Labute approximate surface area is 220 Å². The average Bonchev–Trinajstić information content (AvgIpc) is 3.45. The molecule has 0 spiro atoms. The van der Waals surface area contributed by atoms with Crippen molar-refractivity contribution in [3.63, 3.8) is 0 Å². The molecule has 1 heterocycles. The van der Waals surface area contributed by atoms with Gasteiger partial charge in [-0.2, -0.15) is 5.26 Å². The van der Waals surface area contributed by atoms with Gasteiger partial charge in [-0.05, 0) is 29.8 Å². The summed E-state index contributed by atoms with van der Waals surface area (Å²) in [5.41, 5.74) is 8.14. The number of aromatic nitrogens is 1. The molecule has 0 fully saturated rings. The zero-order chi connectivity index (χ0) is 27.2. The lowest BCUT2D eigenvalue weighted by molar-refractivity contribution is 0.127. The first-order valence-electron chi connectivity index (χ1n) is 12.0. The van der Waals surface area contributed by atoms with Gasteiger partial charge in [-0.25, -0.2) is 14.6 Å². The summed E-state index contributed by atoms with van der Waals surface area (Å²) in [6.45, 7) is 2.56. The van der Waals surface area contributed by atoms with Crippen LogP contribution < -0.4 is 26.4 Å². The smallest absolute Gasteiger partial charge is 0.407 e. The van der Waals surface area contributed by atoms with Crippen LogP contribution in [0.2, 0.25) is 0 Å². The van der Waals surface area contributed by atoms with E-state index >= 15 is 0 Å². The van der Waals surface area contributed by atoms with Crippen molar-refractivity contribution in [3.8, 4) is 23.1 Å². The molecule has 200 valence electrons. The van der Waals surface area contributed by atoms with Crippen LogP contribution in [-0.2, 0) is 11.3 Å². The summed E-state index contributed by atoms with van der Waals surface area (Å²) >= 11 is 0. The van der Waals surface area contributed by atoms with Crippen molar-refractivity contribution in [2.24, 2.45) is 5.73 Å². The molecule has 38 heavy (non-hydrogen) atoms. The quantitative estimate of drug-likeness (QED) is 0.263. The molecule has 1 aromatic heterocycles. The predicted molar refractivity (Wildman–Crippen MR) is 141 cm³/mol. The summed E-state index contributed by atoms with van der Waals surface area (Å²) in [5.74, 6) is 1.07. The van der Waals surface area contributed by atoms with Crippen LogP contribution in [0.25, 0.3) is 11.3 Å². The molecule has 0 aliphatic heterocycles. The Morgan fingerprint density at radius 3 is 2.66 bits per heavy atom. The molecule has 12 heteroatoms. The number of nitrogens with two attached hydrogens (primary N) is 1. The van der Waals surface area contributed by atoms with Crippen molar-refractivity contribution in [1.29, 1.82) is 5.26 Å². The number of carbonyl (C=O) groups is 2. The highest BCUT2D eigenvalue weighted by atomic mass is 16.5. The summed E-state index contributed by atoms with van der Waals surface area (Å²) in [6.07, 6.45) is 2.74. The predicted octanol–water partition coefficient (Wildman–Crippen LogP) is 3.39. The number of anilines is 2. The Hall–Kier alpha value is -4.60. The van der Waals surface area contributed by atoms with E-state index in [0.717, 1.165) is 5.56 Å². The van der Waals surface area contributed by atoms with Gasteiger partial charge in [-0.3, -0.25) is 4.90 Å². The van der Waals surface area contributed by atoms with Crippen molar-refractivity contribution in [1.82, 2.24) is 15.2 Å². The fourth-order valence-corrected chi connectivity index (χ4v) is 3.59. The summed E-state index contributed by atoms with van der Waals surface area (Å²) < 4.78 is 15.9. The van der Waals surface area contributed by atoms with Crippen LogP contribution in [0.1, 0.15) is 12.0 Å². The van der Waals surface area contributed by atoms with Gasteiger partial charge in [0, 0.05) is 56.6 Å². The molecule has 0 aliphatic carbocycles. The number of nitriles is 1. The Balaban J connectivity index is 1.46. The molecule has 0 atom stereocenters. The van der Waals surface area contributed by atoms with E-state index < -0.39 is 12.1 Å². The molecule has 0 bridgehead atoms. The second-order valence-electron chi connectivity index (χ2n) is 8.09. The lowest BCUT2D eigenvalue weighted by atomic mass is 10.1. The maximum Gasteiger partial charge on any atom is 0.407 e. The minimum absolute atomic E-state index is 0.184. The first-order valence-corrected chi connectivity index (χ1v) is 12.0. The number of amides is 3. The van der Waals surface area contributed by atoms with E-state index in [1.165, 1.54) is 13.5 Å². The molecular formula is C26H31N7O5. The van der Waals surface area contributed by atoms with Gasteiger partial charge >= 0.3 is 12.1 Å².